The summed E-state index contributed by atoms with van der Waals surface area (Å²) in [7, 11) is 0. The predicted octanol–water partition coefficient (Wildman–Crippen LogP) is 2.87. The summed E-state index contributed by atoms with van der Waals surface area (Å²) in [5, 5.41) is 7.11. The van der Waals surface area contributed by atoms with E-state index in [-0.39, 0.29) is 12.5 Å². The van der Waals surface area contributed by atoms with Crippen LogP contribution in [0.15, 0.2) is 66.9 Å². The first-order valence-electron chi connectivity index (χ1n) is 8.22. The van der Waals surface area contributed by atoms with Crippen molar-refractivity contribution in [3.05, 3.63) is 83.7 Å². The van der Waals surface area contributed by atoms with E-state index in [4.69, 9.17) is 4.74 Å². The number of esters is 1. The van der Waals surface area contributed by atoms with Crippen LogP contribution in [-0.4, -0.2) is 21.7 Å². The first-order valence-corrected chi connectivity index (χ1v) is 8.22. The molecule has 132 valence electrons. The largest absolute Gasteiger partial charge is 0.456 e. The van der Waals surface area contributed by atoms with Crippen molar-refractivity contribution >= 4 is 11.9 Å². The van der Waals surface area contributed by atoms with Gasteiger partial charge in [0.2, 0.25) is 5.91 Å². The van der Waals surface area contributed by atoms with Crippen molar-refractivity contribution in [3.63, 3.8) is 0 Å². The van der Waals surface area contributed by atoms with Crippen LogP contribution < -0.4 is 5.32 Å². The van der Waals surface area contributed by atoms with Crippen LogP contribution in [0.5, 0.6) is 0 Å². The van der Waals surface area contributed by atoms with Crippen LogP contribution in [0.25, 0.3) is 5.69 Å². The zero-order valence-electron chi connectivity index (χ0n) is 14.4. The summed E-state index contributed by atoms with van der Waals surface area (Å²) in [6.45, 7) is 2.00. The monoisotopic (exact) mass is 349 g/mol. The quantitative estimate of drug-likeness (QED) is 0.695. The molecule has 1 heterocycles. The summed E-state index contributed by atoms with van der Waals surface area (Å²) in [6.07, 6.45) is 1.83. The van der Waals surface area contributed by atoms with Gasteiger partial charge in [-0.05, 0) is 35.9 Å². The Hall–Kier alpha value is -3.41. The van der Waals surface area contributed by atoms with E-state index < -0.39 is 5.97 Å². The van der Waals surface area contributed by atoms with Crippen molar-refractivity contribution in [3.8, 4) is 5.69 Å². The number of para-hydroxylation sites is 1. The van der Waals surface area contributed by atoms with Gasteiger partial charge in [-0.3, -0.25) is 4.79 Å². The minimum atomic E-state index is -0.412. The highest BCUT2D eigenvalue weighted by Gasteiger charge is 2.09. The summed E-state index contributed by atoms with van der Waals surface area (Å²) in [5.74, 6) is -0.506. The van der Waals surface area contributed by atoms with Crippen LogP contribution in [0.2, 0.25) is 0 Å². The Morgan fingerprint density at radius 1 is 1.04 bits per heavy atom. The number of rotatable bonds is 6. The van der Waals surface area contributed by atoms with E-state index in [1.807, 2.05) is 42.6 Å². The molecular formula is C20H19N3O3. The zero-order chi connectivity index (χ0) is 18.4. The maximum absolute atomic E-state index is 12.1. The zero-order valence-corrected chi connectivity index (χ0v) is 14.4. The second kappa shape index (κ2) is 8.11. The highest BCUT2D eigenvalue weighted by atomic mass is 16.5. The topological polar surface area (TPSA) is 73.2 Å². The van der Waals surface area contributed by atoms with Crippen molar-refractivity contribution in [1.29, 1.82) is 0 Å². The standard InChI is InChI=1S/C20H19N3O3/c1-15(24)21-13-16-7-9-17(10-8-16)20(25)26-14-18-11-12-23(22-18)19-5-3-2-4-6-19/h2-12H,13-14H2,1H3,(H,21,24). The Morgan fingerprint density at radius 3 is 2.46 bits per heavy atom. The molecule has 6 heteroatoms. The van der Waals surface area contributed by atoms with Gasteiger partial charge in [0.1, 0.15) is 12.3 Å². The summed E-state index contributed by atoms with van der Waals surface area (Å²) < 4.78 is 7.05. The van der Waals surface area contributed by atoms with Crippen LogP contribution in [0.1, 0.15) is 28.5 Å². The maximum Gasteiger partial charge on any atom is 0.338 e. The third kappa shape index (κ3) is 4.57. The van der Waals surface area contributed by atoms with Gasteiger partial charge in [-0.2, -0.15) is 5.10 Å². The van der Waals surface area contributed by atoms with Gasteiger partial charge in [-0.1, -0.05) is 30.3 Å². The van der Waals surface area contributed by atoms with Gasteiger partial charge in [0, 0.05) is 19.7 Å². The lowest BCUT2D eigenvalue weighted by atomic mass is 10.1. The smallest absolute Gasteiger partial charge is 0.338 e. The van der Waals surface area contributed by atoms with Crippen LogP contribution in [0, 0.1) is 0 Å². The third-order valence-corrected chi connectivity index (χ3v) is 3.75. The van der Waals surface area contributed by atoms with Crippen molar-refractivity contribution < 1.29 is 14.3 Å². The number of aromatic nitrogens is 2. The first-order chi connectivity index (χ1) is 12.6. The minimum absolute atomic E-state index is 0.0941. The molecule has 0 spiro atoms. The molecule has 0 saturated heterocycles. The molecule has 0 atom stereocenters. The second-order valence-corrected chi connectivity index (χ2v) is 5.77. The molecule has 0 aliphatic heterocycles. The Labute approximate surface area is 151 Å². The molecule has 0 fully saturated rings. The first kappa shape index (κ1) is 17.4. The number of nitrogens with one attached hydrogen (secondary N) is 1. The Balaban J connectivity index is 1.55. The lowest BCUT2D eigenvalue weighted by Gasteiger charge is -2.05. The number of amides is 1. The van der Waals surface area contributed by atoms with E-state index in [1.54, 1.807) is 28.9 Å². The fraction of sp³-hybridized carbons (Fsp3) is 0.150. The lowest BCUT2D eigenvalue weighted by molar-refractivity contribution is -0.119. The third-order valence-electron chi connectivity index (χ3n) is 3.75. The van der Waals surface area contributed by atoms with E-state index in [0.29, 0.717) is 17.8 Å². The van der Waals surface area contributed by atoms with Crippen LogP contribution in [0.3, 0.4) is 0 Å². The molecule has 1 amide bonds. The van der Waals surface area contributed by atoms with Gasteiger partial charge in [0.25, 0.3) is 0 Å². The van der Waals surface area contributed by atoms with Crippen molar-refractivity contribution in [2.45, 2.75) is 20.1 Å². The summed E-state index contributed by atoms with van der Waals surface area (Å²) >= 11 is 0. The number of carbonyl (C=O) groups is 2. The molecule has 3 aromatic rings. The molecule has 1 N–H and O–H groups in total. The molecule has 2 aromatic carbocycles. The van der Waals surface area contributed by atoms with Crippen LogP contribution in [0.4, 0.5) is 0 Å². The van der Waals surface area contributed by atoms with E-state index in [1.165, 1.54) is 6.92 Å². The molecule has 0 unspecified atom stereocenters. The number of nitrogens with zero attached hydrogens (tertiary/aromatic N) is 2. The SMILES string of the molecule is CC(=O)NCc1ccc(C(=O)OCc2ccn(-c3ccccc3)n2)cc1. The Bertz CT molecular complexity index is 886. The predicted molar refractivity (Wildman–Crippen MR) is 96.6 cm³/mol. The molecule has 26 heavy (non-hydrogen) atoms. The van der Waals surface area contributed by atoms with E-state index in [9.17, 15) is 9.59 Å². The van der Waals surface area contributed by atoms with Crippen molar-refractivity contribution in [2.24, 2.45) is 0 Å². The molecule has 0 aliphatic rings. The fourth-order valence-corrected chi connectivity index (χ4v) is 2.37. The van der Waals surface area contributed by atoms with Gasteiger partial charge < -0.3 is 10.1 Å². The molecular weight excluding hydrogens is 330 g/mol. The molecule has 0 aliphatic carbocycles. The average Bonchev–Trinajstić information content (AvgIpc) is 3.14. The van der Waals surface area contributed by atoms with Gasteiger partial charge in [0.15, 0.2) is 0 Å². The average molecular weight is 349 g/mol. The molecule has 3 rings (SSSR count). The summed E-state index contributed by atoms with van der Waals surface area (Å²) in [5.41, 5.74) is 2.99. The van der Waals surface area contributed by atoms with Gasteiger partial charge >= 0.3 is 5.97 Å². The van der Waals surface area contributed by atoms with Gasteiger partial charge in [0.05, 0.1) is 11.3 Å². The molecule has 6 nitrogen and oxygen atoms in total. The van der Waals surface area contributed by atoms with Gasteiger partial charge in [-0.25, -0.2) is 9.48 Å². The summed E-state index contributed by atoms with van der Waals surface area (Å²) in [6, 6.07) is 18.5. The summed E-state index contributed by atoms with van der Waals surface area (Å²) in [4.78, 5) is 23.1. The second-order valence-electron chi connectivity index (χ2n) is 5.77. The Morgan fingerprint density at radius 2 is 1.77 bits per heavy atom. The fourth-order valence-electron chi connectivity index (χ4n) is 2.37. The minimum Gasteiger partial charge on any atom is -0.456 e. The van der Waals surface area contributed by atoms with Crippen molar-refractivity contribution in [1.82, 2.24) is 15.1 Å². The molecule has 1 aromatic heterocycles. The number of benzene rings is 2. The van der Waals surface area contributed by atoms with E-state index in [0.717, 1.165) is 11.3 Å². The molecule has 0 bridgehead atoms. The number of hydrogen-bond acceptors (Lipinski definition) is 4. The highest BCUT2D eigenvalue weighted by Crippen LogP contribution is 2.10. The highest BCUT2D eigenvalue weighted by molar-refractivity contribution is 5.89. The van der Waals surface area contributed by atoms with Gasteiger partial charge in [-0.15, -0.1) is 0 Å². The number of hydrogen-bond donors (Lipinski definition) is 1. The van der Waals surface area contributed by atoms with Crippen LogP contribution >= 0.6 is 0 Å². The van der Waals surface area contributed by atoms with E-state index in [2.05, 4.69) is 10.4 Å². The number of carbonyl (C=O) groups excluding carboxylic acids is 2. The van der Waals surface area contributed by atoms with Crippen molar-refractivity contribution in [2.75, 3.05) is 0 Å². The Kier molecular flexibility index (Phi) is 5.43. The molecule has 0 saturated carbocycles. The van der Waals surface area contributed by atoms with E-state index >= 15 is 0 Å². The lowest BCUT2D eigenvalue weighted by Crippen LogP contribution is -2.18. The molecule has 0 radical (unpaired) electrons. The normalized spacial score (nSPS) is 10.3. The number of ether oxygens (including phenoxy) is 1. The van der Waals surface area contributed by atoms with Crippen LogP contribution in [-0.2, 0) is 22.7 Å². The maximum atomic E-state index is 12.1.